The van der Waals surface area contributed by atoms with Crippen molar-refractivity contribution in [2.45, 2.75) is 13.1 Å². The molecule has 142 valence electrons. The zero-order valence-corrected chi connectivity index (χ0v) is 15.5. The summed E-state index contributed by atoms with van der Waals surface area (Å²) < 4.78 is 0.784. The first-order chi connectivity index (χ1) is 12.6. The van der Waals surface area contributed by atoms with Gasteiger partial charge in [0.1, 0.15) is 12.1 Å². The summed E-state index contributed by atoms with van der Waals surface area (Å²) in [6.45, 7) is -0.333. The number of rotatable bonds is 6. The Morgan fingerprint density at radius 1 is 1.26 bits per heavy atom. The number of halogens is 2. The molecule has 1 aromatic carbocycles. The van der Waals surface area contributed by atoms with Crippen molar-refractivity contribution in [1.82, 2.24) is 9.47 Å². The minimum absolute atomic E-state index is 0.169. The minimum atomic E-state index is -1.12. The Bertz CT molecular complexity index is 989. The highest BCUT2D eigenvalue weighted by Gasteiger charge is 2.20. The van der Waals surface area contributed by atoms with Crippen LogP contribution in [0.25, 0.3) is 0 Å². The van der Waals surface area contributed by atoms with E-state index in [-0.39, 0.29) is 6.54 Å². The van der Waals surface area contributed by atoms with Gasteiger partial charge < -0.3 is 10.6 Å². The Hall–Kier alpha value is -2.91. The van der Waals surface area contributed by atoms with E-state index in [1.54, 1.807) is 18.2 Å². The maximum atomic E-state index is 12.4. The van der Waals surface area contributed by atoms with Crippen LogP contribution in [0, 0.1) is 10.1 Å². The fourth-order valence-electron chi connectivity index (χ4n) is 2.28. The second-order valence-electron chi connectivity index (χ2n) is 5.66. The van der Waals surface area contributed by atoms with Crippen LogP contribution in [0.2, 0.25) is 10.0 Å². The van der Waals surface area contributed by atoms with Crippen LogP contribution in [0.15, 0.2) is 35.3 Å². The predicted octanol–water partition coefficient (Wildman–Crippen LogP) is 1.82. The molecule has 0 spiro atoms. The summed E-state index contributed by atoms with van der Waals surface area (Å²) in [6.07, 6.45) is 0.889. The Kier molecular flexibility index (Phi) is 6.19. The molecule has 0 aliphatic rings. The molecule has 0 atom stereocenters. The van der Waals surface area contributed by atoms with Gasteiger partial charge in [-0.1, -0.05) is 29.3 Å². The third kappa shape index (κ3) is 4.83. The maximum absolute atomic E-state index is 12.4. The van der Waals surface area contributed by atoms with Crippen LogP contribution in [-0.2, 0) is 17.9 Å². The van der Waals surface area contributed by atoms with Crippen molar-refractivity contribution in [3.05, 3.63) is 72.1 Å². The Balaban J connectivity index is 2.25. The quantitative estimate of drug-likeness (QED) is 0.571. The first-order valence-electron chi connectivity index (χ1n) is 7.46. The molecule has 0 aliphatic heterocycles. The van der Waals surface area contributed by atoms with Gasteiger partial charge in [-0.2, -0.15) is 0 Å². The van der Waals surface area contributed by atoms with Crippen LogP contribution in [0.3, 0.4) is 0 Å². The smallest absolute Gasteiger partial charge is 0.286 e. The molecule has 27 heavy (non-hydrogen) atoms. The zero-order chi connectivity index (χ0) is 20.3. The van der Waals surface area contributed by atoms with Crippen LogP contribution in [0.4, 0.5) is 5.69 Å². The second-order valence-corrected chi connectivity index (χ2v) is 6.48. The first kappa shape index (κ1) is 20.4. The number of carbonyl (C=O) groups is 2. The van der Waals surface area contributed by atoms with Crippen molar-refractivity contribution in [2.24, 2.45) is 5.73 Å². The number of nitro groups is 1. The summed E-state index contributed by atoms with van der Waals surface area (Å²) in [4.78, 5) is 47.5. The van der Waals surface area contributed by atoms with Crippen molar-refractivity contribution in [3.63, 3.8) is 0 Å². The summed E-state index contributed by atoms with van der Waals surface area (Å²) >= 11 is 11.8. The van der Waals surface area contributed by atoms with Crippen molar-refractivity contribution in [2.75, 3.05) is 7.05 Å². The highest BCUT2D eigenvalue weighted by atomic mass is 35.5. The third-order valence-electron chi connectivity index (χ3n) is 3.68. The average Bonchev–Trinajstić information content (AvgIpc) is 2.59. The van der Waals surface area contributed by atoms with E-state index in [4.69, 9.17) is 28.9 Å². The number of likely N-dealkylation sites (N-methyl/N-ethyl adjacent to an activating group) is 1. The van der Waals surface area contributed by atoms with E-state index >= 15 is 0 Å². The SMILES string of the molecule is CN(Cc1ccc(Cl)c(Cl)c1)C(=O)Cn1cc([N+](=O)[O-])cc(C(N)=O)c1=O. The summed E-state index contributed by atoms with van der Waals surface area (Å²) in [6, 6.07) is 5.65. The molecule has 1 heterocycles. The molecule has 2 rings (SSSR count). The van der Waals surface area contributed by atoms with E-state index in [1.165, 1.54) is 11.9 Å². The number of benzene rings is 1. The Morgan fingerprint density at radius 2 is 1.93 bits per heavy atom. The van der Waals surface area contributed by atoms with Crippen LogP contribution in [0.1, 0.15) is 15.9 Å². The maximum Gasteiger partial charge on any atom is 0.286 e. The summed E-state index contributed by atoms with van der Waals surface area (Å²) in [7, 11) is 1.49. The highest BCUT2D eigenvalue weighted by molar-refractivity contribution is 6.42. The lowest BCUT2D eigenvalue weighted by Crippen LogP contribution is -2.36. The normalized spacial score (nSPS) is 10.5. The van der Waals surface area contributed by atoms with Crippen LogP contribution < -0.4 is 11.3 Å². The fraction of sp³-hybridized carbons (Fsp3) is 0.188. The zero-order valence-electron chi connectivity index (χ0n) is 14.0. The minimum Gasteiger partial charge on any atom is -0.365 e. The van der Waals surface area contributed by atoms with Gasteiger partial charge in [0, 0.05) is 19.7 Å². The first-order valence-corrected chi connectivity index (χ1v) is 8.22. The number of primary amides is 1. The molecule has 2 N–H and O–H groups in total. The number of hydrogen-bond acceptors (Lipinski definition) is 5. The number of nitrogens with zero attached hydrogens (tertiary/aromatic N) is 3. The number of hydrogen-bond donors (Lipinski definition) is 1. The molecule has 0 saturated heterocycles. The standard InChI is InChI=1S/C16H14Cl2N4O5/c1-20(6-9-2-3-12(17)13(18)4-9)14(23)8-21-7-10(22(26)27)5-11(15(19)24)16(21)25/h2-5,7H,6,8H2,1H3,(H2,19,24). The summed E-state index contributed by atoms with van der Waals surface area (Å²) in [5.74, 6) is -1.63. The average molecular weight is 413 g/mol. The van der Waals surface area contributed by atoms with Gasteiger partial charge in [-0.05, 0) is 17.7 Å². The van der Waals surface area contributed by atoms with Crippen molar-refractivity contribution >= 4 is 40.7 Å². The van der Waals surface area contributed by atoms with E-state index in [0.717, 1.165) is 16.8 Å². The lowest BCUT2D eigenvalue weighted by Gasteiger charge is -2.18. The molecule has 2 aromatic rings. The monoisotopic (exact) mass is 412 g/mol. The molecule has 0 aliphatic carbocycles. The molecular weight excluding hydrogens is 399 g/mol. The van der Waals surface area contributed by atoms with E-state index in [2.05, 4.69) is 0 Å². The Labute approximate surface area is 163 Å². The number of nitrogens with two attached hydrogens (primary N) is 1. The van der Waals surface area contributed by atoms with E-state index < -0.39 is 40.1 Å². The van der Waals surface area contributed by atoms with Crippen molar-refractivity contribution in [1.29, 1.82) is 0 Å². The molecule has 9 nitrogen and oxygen atoms in total. The summed E-state index contributed by atoms with van der Waals surface area (Å²) in [5, 5.41) is 11.7. The largest absolute Gasteiger partial charge is 0.365 e. The molecule has 0 fully saturated rings. The molecule has 0 saturated carbocycles. The van der Waals surface area contributed by atoms with E-state index in [1.807, 2.05) is 0 Å². The topological polar surface area (TPSA) is 129 Å². The Morgan fingerprint density at radius 3 is 2.48 bits per heavy atom. The van der Waals surface area contributed by atoms with Crippen molar-refractivity contribution < 1.29 is 14.5 Å². The molecule has 0 radical (unpaired) electrons. The number of amides is 2. The molecule has 11 heteroatoms. The number of carbonyl (C=O) groups excluding carboxylic acids is 2. The van der Waals surface area contributed by atoms with E-state index in [0.29, 0.717) is 15.6 Å². The number of pyridine rings is 1. The van der Waals surface area contributed by atoms with Gasteiger partial charge in [-0.3, -0.25) is 29.1 Å². The van der Waals surface area contributed by atoms with Gasteiger partial charge in [-0.15, -0.1) is 0 Å². The lowest BCUT2D eigenvalue weighted by molar-refractivity contribution is -0.385. The van der Waals surface area contributed by atoms with E-state index in [9.17, 15) is 24.5 Å². The van der Waals surface area contributed by atoms with Gasteiger partial charge in [0.25, 0.3) is 17.2 Å². The van der Waals surface area contributed by atoms with Gasteiger partial charge in [0.05, 0.1) is 21.2 Å². The molecule has 1 aromatic heterocycles. The second kappa shape index (κ2) is 8.19. The van der Waals surface area contributed by atoms with Gasteiger partial charge in [0.15, 0.2) is 0 Å². The predicted molar refractivity (Wildman–Crippen MR) is 98.8 cm³/mol. The number of aromatic nitrogens is 1. The molecule has 0 bridgehead atoms. The van der Waals surface area contributed by atoms with Gasteiger partial charge >= 0.3 is 0 Å². The van der Waals surface area contributed by atoms with Crippen LogP contribution >= 0.6 is 23.2 Å². The highest BCUT2D eigenvalue weighted by Crippen LogP contribution is 2.23. The summed E-state index contributed by atoms with van der Waals surface area (Å²) in [5.41, 5.74) is 3.80. The van der Waals surface area contributed by atoms with Crippen LogP contribution in [0.5, 0.6) is 0 Å². The van der Waals surface area contributed by atoms with Crippen molar-refractivity contribution in [3.8, 4) is 0 Å². The molecular formula is C16H14Cl2N4O5. The molecule has 2 amide bonds. The third-order valence-corrected chi connectivity index (χ3v) is 4.42. The van der Waals surface area contributed by atoms with Gasteiger partial charge in [0.2, 0.25) is 5.91 Å². The molecule has 0 unspecified atom stereocenters. The lowest BCUT2D eigenvalue weighted by atomic mass is 10.2. The van der Waals surface area contributed by atoms with Crippen LogP contribution in [-0.4, -0.2) is 33.3 Å². The van der Waals surface area contributed by atoms with Gasteiger partial charge in [-0.25, -0.2) is 0 Å². The fourth-order valence-corrected chi connectivity index (χ4v) is 2.60.